The molecule has 0 aliphatic carbocycles. The van der Waals surface area contributed by atoms with E-state index in [1.54, 1.807) is 0 Å². The molecule has 1 aromatic carbocycles. The Morgan fingerprint density at radius 2 is 2.05 bits per heavy atom. The van der Waals surface area contributed by atoms with Gasteiger partial charge in [0.15, 0.2) is 0 Å². The van der Waals surface area contributed by atoms with E-state index in [1.807, 2.05) is 23.5 Å². The minimum absolute atomic E-state index is 0.444. The van der Waals surface area contributed by atoms with Crippen molar-refractivity contribution < 1.29 is 0 Å². The van der Waals surface area contributed by atoms with Gasteiger partial charge in [-0.05, 0) is 49.7 Å². The van der Waals surface area contributed by atoms with E-state index in [9.17, 15) is 0 Å². The summed E-state index contributed by atoms with van der Waals surface area (Å²) in [4.78, 5) is 2.61. The highest BCUT2D eigenvalue weighted by molar-refractivity contribution is 9.10. The van der Waals surface area contributed by atoms with Gasteiger partial charge in [0.05, 0.1) is 0 Å². The van der Waals surface area contributed by atoms with Gasteiger partial charge >= 0.3 is 0 Å². The minimum atomic E-state index is 0.444. The zero-order chi connectivity index (χ0) is 14.5. The lowest BCUT2D eigenvalue weighted by atomic mass is 10.1. The van der Waals surface area contributed by atoms with Crippen LogP contribution < -0.4 is 5.32 Å². The third-order valence-electron chi connectivity index (χ3n) is 3.21. The maximum absolute atomic E-state index is 6.31. The molecule has 0 amide bonds. The van der Waals surface area contributed by atoms with Crippen LogP contribution in [0.5, 0.6) is 0 Å². The van der Waals surface area contributed by atoms with Gasteiger partial charge in [0.2, 0.25) is 0 Å². The molecular formula is C16H19BrClNS. The van der Waals surface area contributed by atoms with Crippen LogP contribution in [0, 0.1) is 0 Å². The second-order valence-electron chi connectivity index (χ2n) is 4.74. The third kappa shape index (κ3) is 3.85. The van der Waals surface area contributed by atoms with Crippen molar-refractivity contribution in [2.45, 2.75) is 32.7 Å². The lowest BCUT2D eigenvalue weighted by Gasteiger charge is -2.14. The molecule has 2 rings (SSSR count). The second kappa shape index (κ2) is 7.60. The summed E-state index contributed by atoms with van der Waals surface area (Å²) >= 11 is 11.6. The van der Waals surface area contributed by atoms with Crippen LogP contribution in [0.25, 0.3) is 10.4 Å². The van der Waals surface area contributed by atoms with Gasteiger partial charge < -0.3 is 5.32 Å². The number of benzene rings is 1. The Morgan fingerprint density at radius 1 is 1.25 bits per heavy atom. The quantitative estimate of drug-likeness (QED) is 0.629. The Bertz CT molecular complexity index is 567. The molecular weight excluding hydrogens is 354 g/mol. The normalized spacial score (nSPS) is 12.6. The molecule has 0 fully saturated rings. The van der Waals surface area contributed by atoms with E-state index in [0.717, 1.165) is 34.4 Å². The summed E-state index contributed by atoms with van der Waals surface area (Å²) in [6, 6.07) is 10.8. The average molecular weight is 373 g/mol. The molecule has 20 heavy (non-hydrogen) atoms. The predicted molar refractivity (Wildman–Crippen MR) is 93.8 cm³/mol. The number of nitrogens with one attached hydrogen (secondary N) is 1. The first-order valence-corrected chi connectivity index (χ1v) is 8.93. The van der Waals surface area contributed by atoms with E-state index in [1.165, 1.54) is 9.75 Å². The molecule has 1 unspecified atom stereocenters. The first-order valence-electron chi connectivity index (χ1n) is 6.94. The maximum atomic E-state index is 6.31. The van der Waals surface area contributed by atoms with E-state index in [0.29, 0.717) is 6.04 Å². The summed E-state index contributed by atoms with van der Waals surface area (Å²) in [5, 5.41) is 4.40. The van der Waals surface area contributed by atoms with E-state index >= 15 is 0 Å². The summed E-state index contributed by atoms with van der Waals surface area (Å²) in [6.45, 7) is 5.48. The molecule has 1 nitrogen and oxygen atoms in total. The smallest absolute Gasteiger partial charge is 0.0493 e. The summed E-state index contributed by atoms with van der Waals surface area (Å²) in [6.07, 6.45) is 2.26. The van der Waals surface area contributed by atoms with Crippen molar-refractivity contribution in [2.75, 3.05) is 6.54 Å². The molecule has 1 atom stereocenters. The minimum Gasteiger partial charge on any atom is -0.309 e. The molecule has 1 N–H and O–H groups in total. The van der Waals surface area contributed by atoms with Crippen molar-refractivity contribution in [2.24, 2.45) is 0 Å². The molecule has 0 aliphatic rings. The van der Waals surface area contributed by atoms with E-state index in [4.69, 9.17) is 11.6 Å². The topological polar surface area (TPSA) is 12.0 Å². The van der Waals surface area contributed by atoms with Crippen molar-refractivity contribution in [1.82, 2.24) is 5.32 Å². The third-order valence-corrected chi connectivity index (χ3v) is 5.27. The highest BCUT2D eigenvalue weighted by atomic mass is 79.9. The van der Waals surface area contributed by atoms with Crippen LogP contribution >= 0.6 is 38.9 Å². The first kappa shape index (κ1) is 16.0. The van der Waals surface area contributed by atoms with Gasteiger partial charge in [-0.25, -0.2) is 0 Å². The van der Waals surface area contributed by atoms with Gasteiger partial charge in [0.25, 0.3) is 0 Å². The monoisotopic (exact) mass is 371 g/mol. The van der Waals surface area contributed by atoms with Crippen molar-refractivity contribution in [3.05, 3.63) is 44.7 Å². The first-order chi connectivity index (χ1) is 9.65. The SMILES string of the molecule is CCCNC(CC)c1ccc(-c2cc(Br)ccc2Cl)s1. The van der Waals surface area contributed by atoms with Gasteiger partial charge in [0.1, 0.15) is 0 Å². The van der Waals surface area contributed by atoms with E-state index < -0.39 is 0 Å². The van der Waals surface area contributed by atoms with Crippen LogP contribution in [-0.4, -0.2) is 6.54 Å². The zero-order valence-electron chi connectivity index (χ0n) is 11.7. The van der Waals surface area contributed by atoms with Crippen LogP contribution in [-0.2, 0) is 0 Å². The van der Waals surface area contributed by atoms with Crippen molar-refractivity contribution in [3.63, 3.8) is 0 Å². The summed E-state index contributed by atoms with van der Waals surface area (Å²) in [5.41, 5.74) is 1.10. The van der Waals surface area contributed by atoms with Crippen LogP contribution in [0.3, 0.4) is 0 Å². The molecule has 0 bridgehead atoms. The molecule has 0 saturated heterocycles. The highest BCUT2D eigenvalue weighted by Crippen LogP contribution is 2.37. The van der Waals surface area contributed by atoms with Gasteiger partial charge in [-0.2, -0.15) is 0 Å². The molecule has 0 saturated carbocycles. The number of hydrogen-bond acceptors (Lipinski definition) is 2. The molecule has 1 aromatic heterocycles. The largest absolute Gasteiger partial charge is 0.309 e. The highest BCUT2D eigenvalue weighted by Gasteiger charge is 2.13. The van der Waals surface area contributed by atoms with Gasteiger partial charge in [-0.15, -0.1) is 11.3 Å². The maximum Gasteiger partial charge on any atom is 0.0493 e. The average Bonchev–Trinajstić information content (AvgIpc) is 2.92. The predicted octanol–water partition coefficient (Wildman–Crippen LogP) is 6.28. The molecule has 2 aromatic rings. The van der Waals surface area contributed by atoms with Gasteiger partial charge in [0, 0.05) is 30.9 Å². The van der Waals surface area contributed by atoms with Crippen LogP contribution in [0.2, 0.25) is 5.02 Å². The number of halogens is 2. The standard InChI is InChI=1S/C16H19BrClNS/c1-3-9-19-14(4-2)16-8-7-15(20-16)12-10-11(17)5-6-13(12)18/h5-8,10,14,19H,3-4,9H2,1-2H3. The zero-order valence-corrected chi connectivity index (χ0v) is 14.9. The summed E-state index contributed by atoms with van der Waals surface area (Å²) in [7, 11) is 0. The molecule has 0 radical (unpaired) electrons. The van der Waals surface area contributed by atoms with Gasteiger partial charge in [-0.1, -0.05) is 41.4 Å². The fourth-order valence-corrected chi connectivity index (χ4v) is 3.97. The molecule has 0 spiro atoms. The van der Waals surface area contributed by atoms with Crippen molar-refractivity contribution in [1.29, 1.82) is 0 Å². The lowest BCUT2D eigenvalue weighted by molar-refractivity contribution is 0.525. The second-order valence-corrected chi connectivity index (χ2v) is 7.18. The summed E-state index contributed by atoms with van der Waals surface area (Å²) < 4.78 is 1.06. The van der Waals surface area contributed by atoms with Crippen LogP contribution in [0.1, 0.15) is 37.6 Å². The number of thiophene rings is 1. The molecule has 1 heterocycles. The Labute approximate surface area is 138 Å². The summed E-state index contributed by atoms with van der Waals surface area (Å²) in [5.74, 6) is 0. The van der Waals surface area contributed by atoms with E-state index in [2.05, 4.69) is 53.3 Å². The van der Waals surface area contributed by atoms with Crippen molar-refractivity contribution >= 4 is 38.9 Å². The Balaban J connectivity index is 2.25. The molecule has 108 valence electrons. The molecule has 4 heteroatoms. The fraction of sp³-hybridized carbons (Fsp3) is 0.375. The molecule has 0 aliphatic heterocycles. The number of rotatable bonds is 6. The van der Waals surface area contributed by atoms with Gasteiger partial charge in [-0.3, -0.25) is 0 Å². The fourth-order valence-electron chi connectivity index (χ4n) is 2.14. The number of hydrogen-bond donors (Lipinski definition) is 1. The Kier molecular flexibility index (Phi) is 6.09. The Morgan fingerprint density at radius 3 is 2.75 bits per heavy atom. The Hall–Kier alpha value is -0.350. The van der Waals surface area contributed by atoms with Crippen LogP contribution in [0.4, 0.5) is 0 Å². The van der Waals surface area contributed by atoms with Crippen LogP contribution in [0.15, 0.2) is 34.8 Å². The lowest BCUT2D eigenvalue weighted by Crippen LogP contribution is -2.20. The van der Waals surface area contributed by atoms with E-state index in [-0.39, 0.29) is 0 Å². The van der Waals surface area contributed by atoms with Crippen molar-refractivity contribution in [3.8, 4) is 10.4 Å².